The molecule has 0 amide bonds. The Bertz CT molecular complexity index is 1070. The molecule has 8 heteroatoms. The van der Waals surface area contributed by atoms with Gasteiger partial charge in [-0.25, -0.2) is 4.98 Å². The highest BCUT2D eigenvalue weighted by atomic mass is 16.5. The number of aromatic nitrogens is 3. The monoisotopic (exact) mass is 453 g/mol. The van der Waals surface area contributed by atoms with Crippen LogP contribution in [-0.2, 0) is 11.2 Å². The van der Waals surface area contributed by atoms with E-state index in [1.165, 1.54) is 5.56 Å². The summed E-state index contributed by atoms with van der Waals surface area (Å²) in [5.41, 5.74) is 4.97. The highest BCUT2D eigenvalue weighted by Gasteiger charge is 2.24. The molecule has 2 aromatic heterocycles. The van der Waals surface area contributed by atoms with Crippen LogP contribution < -0.4 is 14.4 Å². The first kappa shape index (κ1) is 23.3. The van der Waals surface area contributed by atoms with Crippen LogP contribution in [0, 0.1) is 6.92 Å². The summed E-state index contributed by atoms with van der Waals surface area (Å²) in [6.07, 6.45) is 0.914. The zero-order valence-corrected chi connectivity index (χ0v) is 20.4. The van der Waals surface area contributed by atoms with Crippen molar-refractivity contribution >= 4 is 11.5 Å². The fourth-order valence-corrected chi connectivity index (χ4v) is 4.49. The summed E-state index contributed by atoms with van der Waals surface area (Å²) in [6.45, 7) is 12.8. The fraction of sp³-hybridized carbons (Fsp3) is 0.520. The predicted octanol–water partition coefficient (Wildman–Crippen LogP) is 3.44. The normalized spacial score (nSPS) is 14.8. The maximum atomic E-state index is 5.54. The summed E-state index contributed by atoms with van der Waals surface area (Å²) >= 11 is 0. The molecule has 0 N–H and O–H groups in total. The van der Waals surface area contributed by atoms with Crippen molar-refractivity contribution in [2.24, 2.45) is 0 Å². The number of piperazine rings is 1. The fourth-order valence-electron chi connectivity index (χ4n) is 4.49. The summed E-state index contributed by atoms with van der Waals surface area (Å²) in [5.74, 6) is 2.64. The Labute approximate surface area is 196 Å². The third-order valence-electron chi connectivity index (χ3n) is 6.31. The highest BCUT2D eigenvalue weighted by molar-refractivity contribution is 5.69. The third kappa shape index (κ3) is 4.91. The van der Waals surface area contributed by atoms with Gasteiger partial charge in [-0.05, 0) is 32.4 Å². The predicted molar refractivity (Wildman–Crippen MR) is 131 cm³/mol. The van der Waals surface area contributed by atoms with Gasteiger partial charge in [0.1, 0.15) is 17.3 Å². The Balaban J connectivity index is 1.69. The molecule has 8 nitrogen and oxygen atoms in total. The number of ether oxygens (including phenoxy) is 3. The maximum Gasteiger partial charge on any atom is 0.158 e. The molecule has 4 rings (SSSR count). The SMILES string of the molecule is CCOCCN1CCN(c2c(CC)c(C)nc3cc(-c4cc(OC)cc(OC)c4)nn23)CC1. The molecular weight excluding hydrogens is 418 g/mol. The Morgan fingerprint density at radius 3 is 2.24 bits per heavy atom. The van der Waals surface area contributed by atoms with Gasteiger partial charge < -0.3 is 19.1 Å². The van der Waals surface area contributed by atoms with Crippen LogP contribution >= 0.6 is 0 Å². The number of fused-ring (bicyclic) bond motifs is 1. The molecule has 178 valence electrons. The van der Waals surface area contributed by atoms with E-state index in [0.29, 0.717) is 0 Å². The van der Waals surface area contributed by atoms with Crippen molar-refractivity contribution in [1.82, 2.24) is 19.5 Å². The molecule has 1 aliphatic rings. The molecule has 1 aliphatic heterocycles. The van der Waals surface area contributed by atoms with Gasteiger partial charge in [0.25, 0.3) is 0 Å². The van der Waals surface area contributed by atoms with Gasteiger partial charge in [-0.2, -0.15) is 9.61 Å². The number of nitrogens with zero attached hydrogens (tertiary/aromatic N) is 5. The van der Waals surface area contributed by atoms with Crippen molar-refractivity contribution in [1.29, 1.82) is 0 Å². The van der Waals surface area contributed by atoms with E-state index in [1.54, 1.807) is 14.2 Å². The first-order valence-corrected chi connectivity index (χ1v) is 11.8. The first-order valence-electron chi connectivity index (χ1n) is 11.8. The lowest BCUT2D eigenvalue weighted by molar-refractivity contribution is 0.111. The van der Waals surface area contributed by atoms with E-state index in [9.17, 15) is 0 Å². The van der Waals surface area contributed by atoms with Crippen LogP contribution in [-0.4, -0.2) is 79.7 Å². The molecule has 3 heterocycles. The van der Waals surface area contributed by atoms with E-state index < -0.39 is 0 Å². The Hall–Kier alpha value is -2.84. The minimum Gasteiger partial charge on any atom is -0.497 e. The summed E-state index contributed by atoms with van der Waals surface area (Å²) in [6, 6.07) is 7.87. The van der Waals surface area contributed by atoms with Crippen LogP contribution in [0.2, 0.25) is 0 Å². The topological polar surface area (TPSA) is 64.4 Å². The summed E-state index contributed by atoms with van der Waals surface area (Å²) < 4.78 is 18.5. The van der Waals surface area contributed by atoms with E-state index in [0.717, 1.165) is 92.3 Å². The average molecular weight is 454 g/mol. The van der Waals surface area contributed by atoms with Gasteiger partial charge in [-0.3, -0.25) is 4.90 Å². The van der Waals surface area contributed by atoms with Crippen LogP contribution in [0.15, 0.2) is 24.3 Å². The largest absolute Gasteiger partial charge is 0.497 e. The van der Waals surface area contributed by atoms with Gasteiger partial charge in [0, 0.05) is 68.3 Å². The standard InChI is InChI=1S/C25H35N5O3/c1-6-22-18(3)26-24-17-23(19-14-20(31-4)16-21(15-19)32-5)27-30(24)25(22)29-10-8-28(9-11-29)12-13-33-7-2/h14-17H,6-13H2,1-5H3. The van der Waals surface area contributed by atoms with Crippen molar-refractivity contribution in [3.63, 3.8) is 0 Å². The van der Waals surface area contributed by atoms with E-state index in [1.807, 2.05) is 35.7 Å². The number of benzene rings is 1. The zero-order chi connectivity index (χ0) is 23.4. The van der Waals surface area contributed by atoms with Crippen molar-refractivity contribution in [3.05, 3.63) is 35.5 Å². The maximum absolute atomic E-state index is 5.54. The van der Waals surface area contributed by atoms with Gasteiger partial charge >= 0.3 is 0 Å². The molecule has 0 atom stereocenters. The van der Waals surface area contributed by atoms with Crippen molar-refractivity contribution in [2.75, 3.05) is 65.1 Å². The molecule has 0 saturated carbocycles. The summed E-state index contributed by atoms with van der Waals surface area (Å²) in [4.78, 5) is 9.81. The van der Waals surface area contributed by atoms with Crippen LogP contribution in [0.5, 0.6) is 11.5 Å². The van der Waals surface area contributed by atoms with Crippen molar-refractivity contribution in [2.45, 2.75) is 27.2 Å². The molecule has 0 radical (unpaired) electrons. The minimum atomic E-state index is 0.739. The van der Waals surface area contributed by atoms with Crippen LogP contribution in [0.25, 0.3) is 16.9 Å². The average Bonchev–Trinajstić information content (AvgIpc) is 3.27. The smallest absolute Gasteiger partial charge is 0.158 e. The Morgan fingerprint density at radius 2 is 1.64 bits per heavy atom. The second-order valence-corrected chi connectivity index (χ2v) is 8.28. The Kier molecular flexibility index (Phi) is 7.35. The molecule has 0 aliphatic carbocycles. The highest BCUT2D eigenvalue weighted by Crippen LogP contribution is 2.32. The second-order valence-electron chi connectivity index (χ2n) is 8.28. The van der Waals surface area contributed by atoms with Crippen LogP contribution in [0.1, 0.15) is 25.1 Å². The molecule has 1 aromatic carbocycles. The van der Waals surface area contributed by atoms with Crippen molar-refractivity contribution in [3.8, 4) is 22.8 Å². The lowest BCUT2D eigenvalue weighted by Crippen LogP contribution is -2.48. The van der Waals surface area contributed by atoms with Gasteiger partial charge in [-0.1, -0.05) is 6.92 Å². The molecule has 0 spiro atoms. The van der Waals surface area contributed by atoms with Gasteiger partial charge in [0.2, 0.25) is 0 Å². The Morgan fingerprint density at radius 1 is 0.939 bits per heavy atom. The number of hydrogen-bond donors (Lipinski definition) is 0. The molecule has 1 fully saturated rings. The number of anilines is 1. The molecule has 3 aromatic rings. The van der Waals surface area contributed by atoms with E-state index in [2.05, 4.69) is 23.6 Å². The molecule has 33 heavy (non-hydrogen) atoms. The summed E-state index contributed by atoms with van der Waals surface area (Å²) in [7, 11) is 3.32. The lowest BCUT2D eigenvalue weighted by atomic mass is 10.1. The van der Waals surface area contributed by atoms with Gasteiger partial charge in [0.05, 0.1) is 26.5 Å². The van der Waals surface area contributed by atoms with Gasteiger partial charge in [0.15, 0.2) is 5.65 Å². The van der Waals surface area contributed by atoms with E-state index in [4.69, 9.17) is 24.3 Å². The molecule has 0 unspecified atom stereocenters. The van der Waals surface area contributed by atoms with Crippen LogP contribution in [0.4, 0.5) is 5.82 Å². The third-order valence-corrected chi connectivity index (χ3v) is 6.31. The van der Waals surface area contributed by atoms with Crippen LogP contribution in [0.3, 0.4) is 0 Å². The lowest BCUT2D eigenvalue weighted by Gasteiger charge is -2.37. The van der Waals surface area contributed by atoms with Gasteiger partial charge in [-0.15, -0.1) is 0 Å². The molecular formula is C25H35N5O3. The molecule has 0 bridgehead atoms. The number of hydrogen-bond acceptors (Lipinski definition) is 7. The minimum absolute atomic E-state index is 0.739. The molecule has 1 saturated heterocycles. The van der Waals surface area contributed by atoms with E-state index >= 15 is 0 Å². The second kappa shape index (κ2) is 10.4. The zero-order valence-electron chi connectivity index (χ0n) is 20.4. The summed E-state index contributed by atoms with van der Waals surface area (Å²) in [5, 5.41) is 5.01. The number of aryl methyl sites for hydroxylation is 1. The van der Waals surface area contributed by atoms with E-state index in [-0.39, 0.29) is 0 Å². The number of rotatable bonds is 9. The first-order chi connectivity index (χ1) is 16.1. The number of methoxy groups -OCH3 is 2. The van der Waals surface area contributed by atoms with Crippen molar-refractivity contribution < 1.29 is 14.2 Å². The quantitative estimate of drug-likeness (QED) is 0.460.